The minimum Gasteiger partial charge on any atom is -0.398 e. The summed E-state index contributed by atoms with van der Waals surface area (Å²) in [6.45, 7) is 0.798. The van der Waals surface area contributed by atoms with Crippen molar-refractivity contribution in [3.63, 3.8) is 0 Å². The molecule has 1 aliphatic rings. The van der Waals surface area contributed by atoms with E-state index in [1.807, 2.05) is 11.4 Å². The zero-order valence-electron chi connectivity index (χ0n) is 8.57. The van der Waals surface area contributed by atoms with Crippen LogP contribution in [0.3, 0.4) is 0 Å². The standard InChI is InChI=1S/C11H15N3S/c12-6-8-2-1-3-10(8)14-7-11-9(13)4-5-15-11/h4-5,8,10,14H,1-3,7,13H2. The van der Waals surface area contributed by atoms with E-state index >= 15 is 0 Å². The Morgan fingerprint density at radius 3 is 3.13 bits per heavy atom. The molecule has 0 bridgehead atoms. The topological polar surface area (TPSA) is 61.8 Å². The molecule has 2 rings (SSSR count). The van der Waals surface area contributed by atoms with Crippen molar-refractivity contribution in [3.8, 4) is 6.07 Å². The van der Waals surface area contributed by atoms with E-state index in [2.05, 4.69) is 11.4 Å². The van der Waals surface area contributed by atoms with Gasteiger partial charge >= 0.3 is 0 Å². The molecular formula is C11H15N3S. The maximum atomic E-state index is 8.94. The molecule has 0 aliphatic heterocycles. The number of rotatable bonds is 3. The fraction of sp³-hybridized carbons (Fsp3) is 0.545. The van der Waals surface area contributed by atoms with Gasteiger partial charge in [0.25, 0.3) is 0 Å². The Labute approximate surface area is 93.9 Å². The number of nitrogens with two attached hydrogens (primary N) is 1. The number of nitrogens with one attached hydrogen (secondary N) is 1. The molecule has 1 saturated carbocycles. The van der Waals surface area contributed by atoms with Gasteiger partial charge in [-0.1, -0.05) is 6.42 Å². The van der Waals surface area contributed by atoms with Crippen LogP contribution in [0.1, 0.15) is 24.1 Å². The summed E-state index contributed by atoms with van der Waals surface area (Å²) >= 11 is 1.67. The van der Waals surface area contributed by atoms with Gasteiger partial charge in [-0.15, -0.1) is 11.3 Å². The molecule has 0 spiro atoms. The first-order chi connectivity index (χ1) is 7.31. The maximum absolute atomic E-state index is 8.94. The van der Waals surface area contributed by atoms with Gasteiger partial charge in [-0.25, -0.2) is 0 Å². The fourth-order valence-corrected chi connectivity index (χ4v) is 2.83. The highest BCUT2D eigenvalue weighted by atomic mass is 32.1. The first-order valence-corrected chi connectivity index (χ1v) is 6.14. The van der Waals surface area contributed by atoms with Crippen LogP contribution in [0.25, 0.3) is 0 Å². The van der Waals surface area contributed by atoms with Crippen molar-refractivity contribution in [2.75, 3.05) is 5.73 Å². The summed E-state index contributed by atoms with van der Waals surface area (Å²) in [5, 5.41) is 14.4. The zero-order chi connectivity index (χ0) is 10.7. The third-order valence-corrected chi connectivity index (χ3v) is 3.92. The molecule has 4 heteroatoms. The van der Waals surface area contributed by atoms with Crippen molar-refractivity contribution < 1.29 is 0 Å². The van der Waals surface area contributed by atoms with Crippen LogP contribution in [0, 0.1) is 17.2 Å². The molecule has 0 aromatic carbocycles. The summed E-state index contributed by atoms with van der Waals surface area (Å²) in [6, 6.07) is 4.65. The molecule has 15 heavy (non-hydrogen) atoms. The molecule has 1 aromatic heterocycles. The van der Waals surface area contributed by atoms with Crippen LogP contribution in [-0.2, 0) is 6.54 Å². The quantitative estimate of drug-likeness (QED) is 0.821. The van der Waals surface area contributed by atoms with E-state index < -0.39 is 0 Å². The summed E-state index contributed by atoms with van der Waals surface area (Å²) in [5.74, 6) is 0.186. The van der Waals surface area contributed by atoms with Gasteiger partial charge in [0.2, 0.25) is 0 Å². The summed E-state index contributed by atoms with van der Waals surface area (Å²) in [6.07, 6.45) is 3.31. The molecule has 1 aromatic rings. The average Bonchev–Trinajstić information content (AvgIpc) is 2.83. The van der Waals surface area contributed by atoms with Crippen molar-refractivity contribution in [1.29, 1.82) is 5.26 Å². The Morgan fingerprint density at radius 2 is 2.47 bits per heavy atom. The van der Waals surface area contributed by atoms with Gasteiger partial charge in [-0.3, -0.25) is 0 Å². The Bertz CT molecular complexity index is 366. The molecule has 0 saturated heterocycles. The van der Waals surface area contributed by atoms with Crippen molar-refractivity contribution in [2.45, 2.75) is 31.8 Å². The van der Waals surface area contributed by atoms with E-state index in [0.717, 1.165) is 31.5 Å². The lowest BCUT2D eigenvalue weighted by Crippen LogP contribution is -2.31. The second-order valence-electron chi connectivity index (χ2n) is 3.95. The van der Waals surface area contributed by atoms with Gasteiger partial charge in [-0.2, -0.15) is 5.26 Å². The van der Waals surface area contributed by atoms with Crippen LogP contribution in [0.4, 0.5) is 5.69 Å². The summed E-state index contributed by atoms with van der Waals surface area (Å²) in [7, 11) is 0. The molecule has 3 nitrogen and oxygen atoms in total. The number of hydrogen-bond donors (Lipinski definition) is 2. The molecular weight excluding hydrogens is 206 g/mol. The number of thiophene rings is 1. The predicted octanol–water partition coefficient (Wildman–Crippen LogP) is 2.11. The maximum Gasteiger partial charge on any atom is 0.0672 e. The van der Waals surface area contributed by atoms with Crippen LogP contribution >= 0.6 is 11.3 Å². The van der Waals surface area contributed by atoms with Gasteiger partial charge in [0.1, 0.15) is 0 Å². The van der Waals surface area contributed by atoms with Crippen LogP contribution < -0.4 is 11.1 Å². The highest BCUT2D eigenvalue weighted by Gasteiger charge is 2.26. The lowest BCUT2D eigenvalue weighted by molar-refractivity contribution is 0.467. The Morgan fingerprint density at radius 1 is 1.60 bits per heavy atom. The third-order valence-electron chi connectivity index (χ3n) is 2.99. The van der Waals surface area contributed by atoms with Crippen LogP contribution in [0.15, 0.2) is 11.4 Å². The number of hydrogen-bond acceptors (Lipinski definition) is 4. The second kappa shape index (κ2) is 4.65. The average molecular weight is 221 g/mol. The van der Waals surface area contributed by atoms with Crippen LogP contribution in [0.5, 0.6) is 0 Å². The van der Waals surface area contributed by atoms with E-state index in [-0.39, 0.29) is 5.92 Å². The molecule has 1 heterocycles. The third kappa shape index (κ3) is 2.31. The molecule has 1 fully saturated rings. The normalized spacial score (nSPS) is 25.3. The largest absolute Gasteiger partial charge is 0.398 e. The molecule has 1 aliphatic carbocycles. The number of nitrogen functional groups attached to an aromatic ring is 1. The van der Waals surface area contributed by atoms with Crippen molar-refractivity contribution >= 4 is 17.0 Å². The van der Waals surface area contributed by atoms with Crippen LogP contribution in [0.2, 0.25) is 0 Å². The second-order valence-corrected chi connectivity index (χ2v) is 4.95. The van der Waals surface area contributed by atoms with Gasteiger partial charge in [0, 0.05) is 23.2 Å². The lowest BCUT2D eigenvalue weighted by atomic mass is 10.1. The smallest absolute Gasteiger partial charge is 0.0672 e. The molecule has 2 atom stereocenters. The van der Waals surface area contributed by atoms with E-state index in [0.29, 0.717) is 6.04 Å². The van der Waals surface area contributed by atoms with Crippen molar-refractivity contribution in [1.82, 2.24) is 5.32 Å². The Hall–Kier alpha value is -1.05. The van der Waals surface area contributed by atoms with Crippen molar-refractivity contribution in [3.05, 3.63) is 16.3 Å². The van der Waals surface area contributed by atoms with E-state index in [1.165, 1.54) is 4.88 Å². The summed E-state index contributed by atoms with van der Waals surface area (Å²) in [5.41, 5.74) is 6.66. The van der Waals surface area contributed by atoms with Gasteiger partial charge in [-0.05, 0) is 24.3 Å². The predicted molar refractivity (Wildman–Crippen MR) is 62.3 cm³/mol. The highest BCUT2D eigenvalue weighted by molar-refractivity contribution is 7.10. The fourth-order valence-electron chi connectivity index (χ4n) is 2.08. The van der Waals surface area contributed by atoms with Gasteiger partial charge in [0.05, 0.1) is 12.0 Å². The molecule has 3 N–H and O–H groups in total. The van der Waals surface area contributed by atoms with Gasteiger partial charge in [0.15, 0.2) is 0 Å². The molecule has 80 valence electrons. The minimum atomic E-state index is 0.186. The Balaban J connectivity index is 1.89. The van der Waals surface area contributed by atoms with Gasteiger partial charge < -0.3 is 11.1 Å². The summed E-state index contributed by atoms with van der Waals surface area (Å²) < 4.78 is 0. The van der Waals surface area contributed by atoms with Crippen molar-refractivity contribution in [2.24, 2.45) is 5.92 Å². The monoisotopic (exact) mass is 221 g/mol. The lowest BCUT2D eigenvalue weighted by Gasteiger charge is -2.14. The molecule has 0 amide bonds. The number of nitrogens with zero attached hydrogens (tertiary/aromatic N) is 1. The molecule has 0 radical (unpaired) electrons. The number of anilines is 1. The SMILES string of the molecule is N#CC1CCCC1NCc1sccc1N. The summed E-state index contributed by atoms with van der Waals surface area (Å²) in [4.78, 5) is 1.18. The highest BCUT2D eigenvalue weighted by Crippen LogP contribution is 2.26. The minimum absolute atomic E-state index is 0.186. The Kier molecular flexibility index (Phi) is 3.24. The van der Waals surface area contributed by atoms with E-state index in [1.54, 1.807) is 11.3 Å². The first-order valence-electron chi connectivity index (χ1n) is 5.26. The number of nitriles is 1. The molecule has 2 unspecified atom stereocenters. The van der Waals surface area contributed by atoms with E-state index in [9.17, 15) is 0 Å². The first kappa shape index (κ1) is 10.5. The zero-order valence-corrected chi connectivity index (χ0v) is 9.39. The van der Waals surface area contributed by atoms with E-state index in [4.69, 9.17) is 11.0 Å². The van der Waals surface area contributed by atoms with Crippen LogP contribution in [-0.4, -0.2) is 6.04 Å².